The average Bonchev–Trinajstić information content (AvgIpc) is 2.53. The van der Waals surface area contributed by atoms with Crippen molar-refractivity contribution in [2.45, 2.75) is 58.4 Å². The van der Waals surface area contributed by atoms with Gasteiger partial charge >= 0.3 is 0 Å². The molecule has 0 spiro atoms. The molecular weight excluding hydrogens is 146 g/mol. The summed E-state index contributed by atoms with van der Waals surface area (Å²) in [6.07, 6.45) is 8.49. The summed E-state index contributed by atoms with van der Waals surface area (Å²) in [7, 11) is 0. The van der Waals surface area contributed by atoms with Crippen molar-refractivity contribution in [2.24, 2.45) is 5.92 Å². The molecule has 1 nitrogen and oxygen atoms in total. The molecule has 1 atom stereocenters. The number of nitrogens with one attached hydrogen (secondary N) is 1. The number of hydrogen-bond donors (Lipinski definition) is 1. The van der Waals surface area contributed by atoms with Crippen LogP contribution in [0.5, 0.6) is 0 Å². The van der Waals surface area contributed by atoms with Gasteiger partial charge in [0.15, 0.2) is 0 Å². The second-order valence-electron chi connectivity index (χ2n) is 4.25. The summed E-state index contributed by atoms with van der Waals surface area (Å²) in [5.74, 6) is 0.990. The Morgan fingerprint density at radius 3 is 2.58 bits per heavy atom. The van der Waals surface area contributed by atoms with E-state index >= 15 is 0 Å². The summed E-state index contributed by atoms with van der Waals surface area (Å²) in [4.78, 5) is 0. The Morgan fingerprint density at radius 2 is 2.00 bits per heavy atom. The van der Waals surface area contributed by atoms with Crippen LogP contribution in [-0.2, 0) is 0 Å². The van der Waals surface area contributed by atoms with Crippen molar-refractivity contribution in [3.8, 4) is 0 Å². The Kier molecular flexibility index (Phi) is 4.67. The van der Waals surface area contributed by atoms with E-state index < -0.39 is 0 Å². The molecule has 0 amide bonds. The van der Waals surface area contributed by atoms with Crippen LogP contribution in [0.1, 0.15) is 52.4 Å². The van der Waals surface area contributed by atoms with E-state index in [1.165, 1.54) is 45.1 Å². The van der Waals surface area contributed by atoms with Crippen LogP contribution < -0.4 is 5.32 Å². The predicted molar refractivity (Wildman–Crippen MR) is 54.3 cm³/mol. The summed E-state index contributed by atoms with van der Waals surface area (Å²) in [5, 5.41) is 3.63. The third-order valence-corrected chi connectivity index (χ3v) is 2.95. The number of hydrogen-bond acceptors (Lipinski definition) is 1. The smallest absolute Gasteiger partial charge is 0.00387 e. The molecule has 0 aromatic heterocycles. The van der Waals surface area contributed by atoms with Gasteiger partial charge in [0.05, 0.1) is 0 Å². The highest BCUT2D eigenvalue weighted by atomic mass is 14.9. The highest BCUT2D eigenvalue weighted by Crippen LogP contribution is 2.23. The molecule has 1 aliphatic carbocycles. The Balaban J connectivity index is 1.99. The first-order valence-electron chi connectivity index (χ1n) is 5.56. The van der Waals surface area contributed by atoms with Gasteiger partial charge in [-0.2, -0.15) is 0 Å². The summed E-state index contributed by atoms with van der Waals surface area (Å²) >= 11 is 0. The van der Waals surface area contributed by atoms with E-state index in [2.05, 4.69) is 19.2 Å². The molecule has 0 aliphatic heterocycles. The molecule has 0 aromatic rings. The topological polar surface area (TPSA) is 12.0 Å². The van der Waals surface area contributed by atoms with Gasteiger partial charge in [-0.15, -0.1) is 0 Å². The largest absolute Gasteiger partial charge is 0.314 e. The van der Waals surface area contributed by atoms with Crippen LogP contribution in [0.15, 0.2) is 0 Å². The molecule has 12 heavy (non-hydrogen) atoms. The lowest BCUT2D eigenvalue weighted by atomic mass is 10.1. The van der Waals surface area contributed by atoms with Crippen molar-refractivity contribution >= 4 is 0 Å². The Bertz CT molecular complexity index is 106. The van der Waals surface area contributed by atoms with E-state index in [9.17, 15) is 0 Å². The van der Waals surface area contributed by atoms with Gasteiger partial charge in [0, 0.05) is 6.04 Å². The fourth-order valence-corrected chi connectivity index (χ4v) is 2.12. The second kappa shape index (κ2) is 5.58. The van der Waals surface area contributed by atoms with E-state index in [1.54, 1.807) is 0 Å². The molecule has 1 rings (SSSR count). The molecular formula is C11H23N. The molecule has 0 aromatic carbocycles. The molecule has 1 unspecified atom stereocenters. The molecule has 1 aliphatic rings. The van der Waals surface area contributed by atoms with Crippen molar-refractivity contribution in [1.29, 1.82) is 0 Å². The maximum absolute atomic E-state index is 3.63. The Morgan fingerprint density at radius 1 is 1.33 bits per heavy atom. The van der Waals surface area contributed by atoms with Crippen LogP contribution >= 0.6 is 0 Å². The van der Waals surface area contributed by atoms with Crippen molar-refractivity contribution < 1.29 is 0 Å². The Labute approximate surface area is 76.9 Å². The van der Waals surface area contributed by atoms with Gasteiger partial charge in [0.25, 0.3) is 0 Å². The van der Waals surface area contributed by atoms with Crippen molar-refractivity contribution in [1.82, 2.24) is 5.32 Å². The molecule has 0 bridgehead atoms. The van der Waals surface area contributed by atoms with Crippen LogP contribution in [-0.4, -0.2) is 12.6 Å². The van der Waals surface area contributed by atoms with Crippen molar-refractivity contribution in [2.75, 3.05) is 6.54 Å². The lowest BCUT2D eigenvalue weighted by molar-refractivity contribution is 0.429. The zero-order valence-electron chi connectivity index (χ0n) is 8.60. The van der Waals surface area contributed by atoms with E-state index in [0.29, 0.717) is 0 Å². The van der Waals surface area contributed by atoms with E-state index in [4.69, 9.17) is 0 Å². The molecule has 1 saturated carbocycles. The van der Waals surface area contributed by atoms with Gasteiger partial charge in [-0.1, -0.05) is 26.2 Å². The van der Waals surface area contributed by atoms with E-state index in [1.807, 2.05) is 0 Å². The monoisotopic (exact) mass is 169 g/mol. The molecule has 0 heterocycles. The maximum atomic E-state index is 3.63. The zero-order valence-corrected chi connectivity index (χ0v) is 8.60. The quantitative estimate of drug-likeness (QED) is 0.667. The third kappa shape index (κ3) is 3.57. The fraction of sp³-hybridized carbons (Fsp3) is 1.00. The highest BCUT2D eigenvalue weighted by molar-refractivity contribution is 4.71. The maximum Gasteiger partial charge on any atom is 0.00387 e. The predicted octanol–water partition coefficient (Wildman–Crippen LogP) is 2.95. The zero-order chi connectivity index (χ0) is 8.81. The van der Waals surface area contributed by atoms with Gasteiger partial charge in [-0.3, -0.25) is 0 Å². The van der Waals surface area contributed by atoms with Gasteiger partial charge < -0.3 is 5.32 Å². The van der Waals surface area contributed by atoms with E-state index in [-0.39, 0.29) is 0 Å². The van der Waals surface area contributed by atoms with Crippen LogP contribution in [0.2, 0.25) is 0 Å². The Hall–Kier alpha value is -0.0400. The van der Waals surface area contributed by atoms with Crippen LogP contribution in [0.3, 0.4) is 0 Å². The average molecular weight is 169 g/mol. The minimum atomic E-state index is 0.732. The van der Waals surface area contributed by atoms with Gasteiger partial charge in [0.2, 0.25) is 0 Å². The van der Waals surface area contributed by atoms with Crippen molar-refractivity contribution in [3.05, 3.63) is 0 Å². The first-order chi connectivity index (χ1) is 5.83. The first kappa shape index (κ1) is 10.0. The summed E-state index contributed by atoms with van der Waals surface area (Å²) in [5.41, 5.74) is 0. The fourth-order valence-electron chi connectivity index (χ4n) is 2.12. The standard InChI is InChI=1S/C11H23N/c1-3-6-10(2)12-9-11-7-4-5-8-11/h10-12H,3-9H2,1-2H3. The van der Waals surface area contributed by atoms with Crippen molar-refractivity contribution in [3.63, 3.8) is 0 Å². The van der Waals surface area contributed by atoms with Crippen LogP contribution in [0.4, 0.5) is 0 Å². The molecule has 1 heteroatoms. The highest BCUT2D eigenvalue weighted by Gasteiger charge is 2.14. The lowest BCUT2D eigenvalue weighted by Gasteiger charge is -2.16. The molecule has 0 saturated heterocycles. The lowest BCUT2D eigenvalue weighted by Crippen LogP contribution is -2.30. The van der Waals surface area contributed by atoms with Crippen LogP contribution in [0.25, 0.3) is 0 Å². The normalized spacial score (nSPS) is 21.5. The minimum absolute atomic E-state index is 0.732. The molecule has 1 N–H and O–H groups in total. The van der Waals surface area contributed by atoms with Crippen LogP contribution in [0, 0.1) is 5.92 Å². The van der Waals surface area contributed by atoms with E-state index in [0.717, 1.165) is 12.0 Å². The van der Waals surface area contributed by atoms with Gasteiger partial charge in [-0.05, 0) is 38.6 Å². The van der Waals surface area contributed by atoms with Gasteiger partial charge in [0.1, 0.15) is 0 Å². The molecule has 1 fully saturated rings. The molecule has 72 valence electrons. The van der Waals surface area contributed by atoms with Gasteiger partial charge in [-0.25, -0.2) is 0 Å². The summed E-state index contributed by atoms with van der Waals surface area (Å²) in [6.45, 7) is 5.83. The summed E-state index contributed by atoms with van der Waals surface area (Å²) < 4.78 is 0. The first-order valence-corrected chi connectivity index (χ1v) is 5.56. The summed E-state index contributed by atoms with van der Waals surface area (Å²) in [6, 6.07) is 0.732. The second-order valence-corrected chi connectivity index (χ2v) is 4.25. The SMILES string of the molecule is CCCC(C)NCC1CCCC1. The third-order valence-electron chi connectivity index (χ3n) is 2.95. The minimum Gasteiger partial charge on any atom is -0.314 e. The number of rotatable bonds is 5. The molecule has 0 radical (unpaired) electrons.